The van der Waals surface area contributed by atoms with Gasteiger partial charge in [-0.05, 0) is 19.3 Å². The predicted octanol–water partition coefficient (Wildman–Crippen LogP) is 0.368. The van der Waals surface area contributed by atoms with Crippen LogP contribution in [-0.4, -0.2) is 49.8 Å². The van der Waals surface area contributed by atoms with Crippen molar-refractivity contribution >= 4 is 17.5 Å². The van der Waals surface area contributed by atoms with Crippen molar-refractivity contribution in [3.8, 4) is 0 Å². The molecule has 0 bridgehead atoms. The van der Waals surface area contributed by atoms with Crippen LogP contribution in [0.15, 0.2) is 12.4 Å². The topological polar surface area (TPSA) is 104 Å². The number of hydrogen-bond acceptors (Lipinski definition) is 6. The Labute approximate surface area is 129 Å². The molecule has 8 heteroatoms. The second-order valence-electron chi connectivity index (χ2n) is 5.60. The van der Waals surface area contributed by atoms with Crippen molar-refractivity contribution in [1.29, 1.82) is 0 Å². The molecule has 1 amide bonds. The molecule has 0 aliphatic heterocycles. The van der Waals surface area contributed by atoms with E-state index in [1.807, 2.05) is 13.0 Å². The van der Waals surface area contributed by atoms with Crippen LogP contribution in [0.25, 0.3) is 5.78 Å². The standard InChI is InChI=1S/C14H22N6O2/c1-9(2)6-11(13(22)15-4-5-21)19-12-7-10(3)18-14-16-8-17-20(12)14/h7-9,11,19,21H,4-6H2,1-3H3,(H,15,22)/t11-/m0/s1. The van der Waals surface area contributed by atoms with Gasteiger partial charge in [0.05, 0.1) is 6.61 Å². The maximum absolute atomic E-state index is 12.3. The Morgan fingerprint density at radius 3 is 2.91 bits per heavy atom. The molecule has 0 radical (unpaired) electrons. The van der Waals surface area contributed by atoms with Gasteiger partial charge >= 0.3 is 0 Å². The molecule has 0 fully saturated rings. The molecule has 2 aromatic heterocycles. The van der Waals surface area contributed by atoms with Crippen molar-refractivity contribution in [2.45, 2.75) is 33.2 Å². The molecule has 0 aromatic carbocycles. The zero-order valence-electron chi connectivity index (χ0n) is 13.1. The fourth-order valence-corrected chi connectivity index (χ4v) is 2.22. The normalized spacial score (nSPS) is 12.6. The molecule has 0 saturated heterocycles. The number of aromatic nitrogens is 4. The summed E-state index contributed by atoms with van der Waals surface area (Å²) in [4.78, 5) is 20.6. The molecule has 0 aliphatic carbocycles. The van der Waals surface area contributed by atoms with Gasteiger partial charge in [0, 0.05) is 18.3 Å². The third-order valence-corrected chi connectivity index (χ3v) is 3.14. The number of anilines is 1. The first-order valence-corrected chi connectivity index (χ1v) is 7.33. The number of rotatable bonds is 7. The van der Waals surface area contributed by atoms with Gasteiger partial charge in [-0.1, -0.05) is 13.8 Å². The smallest absolute Gasteiger partial charge is 0.254 e. The second-order valence-corrected chi connectivity index (χ2v) is 5.60. The minimum Gasteiger partial charge on any atom is -0.395 e. The molecular weight excluding hydrogens is 284 g/mol. The summed E-state index contributed by atoms with van der Waals surface area (Å²) in [5, 5.41) is 18.9. The van der Waals surface area contributed by atoms with Gasteiger partial charge in [-0.15, -0.1) is 0 Å². The molecule has 0 aliphatic rings. The van der Waals surface area contributed by atoms with Gasteiger partial charge in [-0.25, -0.2) is 4.98 Å². The van der Waals surface area contributed by atoms with E-state index in [-0.39, 0.29) is 19.1 Å². The van der Waals surface area contributed by atoms with Gasteiger partial charge in [-0.3, -0.25) is 4.79 Å². The molecule has 3 N–H and O–H groups in total. The Balaban J connectivity index is 2.24. The SMILES string of the molecule is Cc1cc(N[C@@H](CC(C)C)C(=O)NCCO)n2ncnc2n1. The number of carbonyl (C=O) groups excluding carboxylic acids is 1. The van der Waals surface area contributed by atoms with E-state index in [4.69, 9.17) is 5.11 Å². The van der Waals surface area contributed by atoms with Crippen LogP contribution in [-0.2, 0) is 4.79 Å². The van der Waals surface area contributed by atoms with E-state index < -0.39 is 6.04 Å². The number of aryl methyl sites for hydroxylation is 1. The summed E-state index contributed by atoms with van der Waals surface area (Å²) in [6, 6.07) is 1.41. The van der Waals surface area contributed by atoms with Crippen molar-refractivity contribution in [2.75, 3.05) is 18.5 Å². The lowest BCUT2D eigenvalue weighted by atomic mass is 10.0. The molecule has 22 heavy (non-hydrogen) atoms. The zero-order chi connectivity index (χ0) is 16.1. The number of amides is 1. The number of nitrogens with zero attached hydrogens (tertiary/aromatic N) is 4. The van der Waals surface area contributed by atoms with Gasteiger partial charge in [0.25, 0.3) is 5.78 Å². The third-order valence-electron chi connectivity index (χ3n) is 3.14. The average molecular weight is 306 g/mol. The van der Waals surface area contributed by atoms with Crippen LogP contribution in [0.5, 0.6) is 0 Å². The lowest BCUT2D eigenvalue weighted by molar-refractivity contribution is -0.122. The molecule has 2 heterocycles. The molecule has 8 nitrogen and oxygen atoms in total. The molecule has 0 unspecified atom stereocenters. The van der Waals surface area contributed by atoms with Crippen molar-refractivity contribution in [1.82, 2.24) is 24.9 Å². The summed E-state index contributed by atoms with van der Waals surface area (Å²) < 4.78 is 1.57. The number of hydrogen-bond donors (Lipinski definition) is 3. The van der Waals surface area contributed by atoms with Crippen molar-refractivity contribution in [3.63, 3.8) is 0 Å². The first-order valence-electron chi connectivity index (χ1n) is 7.33. The summed E-state index contributed by atoms with van der Waals surface area (Å²) in [6.07, 6.45) is 2.09. The minimum absolute atomic E-state index is 0.0815. The molecular formula is C14H22N6O2. The third kappa shape index (κ3) is 3.91. The highest BCUT2D eigenvalue weighted by atomic mass is 16.3. The zero-order valence-corrected chi connectivity index (χ0v) is 13.1. The van der Waals surface area contributed by atoms with Crippen molar-refractivity contribution in [2.24, 2.45) is 5.92 Å². The summed E-state index contributed by atoms with van der Waals surface area (Å²) >= 11 is 0. The highest BCUT2D eigenvalue weighted by Crippen LogP contribution is 2.15. The van der Waals surface area contributed by atoms with E-state index in [1.54, 1.807) is 4.52 Å². The first-order chi connectivity index (χ1) is 10.5. The summed E-state index contributed by atoms with van der Waals surface area (Å²) in [6.45, 7) is 6.13. The van der Waals surface area contributed by atoms with Crippen LogP contribution in [0.2, 0.25) is 0 Å². The highest BCUT2D eigenvalue weighted by molar-refractivity contribution is 5.84. The highest BCUT2D eigenvalue weighted by Gasteiger charge is 2.21. The largest absolute Gasteiger partial charge is 0.395 e. The molecule has 1 atom stereocenters. The van der Waals surface area contributed by atoms with Crippen molar-refractivity contribution < 1.29 is 9.90 Å². The van der Waals surface area contributed by atoms with E-state index in [9.17, 15) is 4.79 Å². The van der Waals surface area contributed by atoms with Crippen LogP contribution in [0.1, 0.15) is 26.0 Å². The van der Waals surface area contributed by atoms with E-state index in [0.717, 1.165) is 5.69 Å². The maximum atomic E-state index is 12.3. The van der Waals surface area contributed by atoms with Gasteiger partial charge < -0.3 is 15.7 Å². The number of fused-ring (bicyclic) bond motifs is 1. The van der Waals surface area contributed by atoms with Crippen molar-refractivity contribution in [3.05, 3.63) is 18.1 Å². The summed E-state index contributed by atoms with van der Waals surface area (Å²) in [5.74, 6) is 1.35. The Morgan fingerprint density at radius 2 is 2.23 bits per heavy atom. The van der Waals surface area contributed by atoms with Gasteiger partial charge in [0.15, 0.2) is 0 Å². The van der Waals surface area contributed by atoms with E-state index in [0.29, 0.717) is 23.9 Å². The minimum atomic E-state index is -0.416. The molecule has 120 valence electrons. The Kier molecular flexibility index (Phi) is 5.26. The van der Waals surface area contributed by atoms with Gasteiger partial charge in [-0.2, -0.15) is 14.6 Å². The monoisotopic (exact) mass is 306 g/mol. The number of aliphatic hydroxyl groups is 1. The van der Waals surface area contributed by atoms with Gasteiger partial charge in [0.1, 0.15) is 18.2 Å². The summed E-state index contributed by atoms with van der Waals surface area (Å²) in [7, 11) is 0. The quantitative estimate of drug-likeness (QED) is 0.682. The average Bonchev–Trinajstić information content (AvgIpc) is 2.91. The van der Waals surface area contributed by atoms with E-state index in [1.165, 1.54) is 6.33 Å². The Morgan fingerprint density at radius 1 is 1.45 bits per heavy atom. The molecule has 2 rings (SSSR count). The molecule has 0 saturated carbocycles. The maximum Gasteiger partial charge on any atom is 0.254 e. The van der Waals surface area contributed by atoms with E-state index >= 15 is 0 Å². The predicted molar refractivity (Wildman–Crippen MR) is 82.5 cm³/mol. The number of aliphatic hydroxyl groups excluding tert-OH is 1. The lowest BCUT2D eigenvalue weighted by Crippen LogP contribution is -2.42. The van der Waals surface area contributed by atoms with Crippen LogP contribution < -0.4 is 10.6 Å². The fourth-order valence-electron chi connectivity index (χ4n) is 2.22. The second kappa shape index (κ2) is 7.17. The Bertz CT molecular complexity index is 639. The molecule has 2 aromatic rings. The molecule has 0 spiro atoms. The first kappa shape index (κ1) is 16.2. The van der Waals surface area contributed by atoms with Gasteiger partial charge in [0.2, 0.25) is 5.91 Å². The number of nitrogens with one attached hydrogen (secondary N) is 2. The van der Waals surface area contributed by atoms with E-state index in [2.05, 4.69) is 39.5 Å². The summed E-state index contributed by atoms with van der Waals surface area (Å²) in [5.41, 5.74) is 0.794. The van der Waals surface area contributed by atoms with Crippen LogP contribution in [0, 0.1) is 12.8 Å². The van der Waals surface area contributed by atoms with Crippen LogP contribution in [0.3, 0.4) is 0 Å². The van der Waals surface area contributed by atoms with Crippen LogP contribution in [0.4, 0.5) is 5.82 Å². The fraction of sp³-hybridized carbons (Fsp3) is 0.571. The lowest BCUT2D eigenvalue weighted by Gasteiger charge is -2.21. The number of carbonyl (C=O) groups is 1. The van der Waals surface area contributed by atoms with Crippen LogP contribution >= 0.6 is 0 Å². The Hall–Kier alpha value is -2.22.